The van der Waals surface area contributed by atoms with Crippen LogP contribution in [0, 0.1) is 5.82 Å². The van der Waals surface area contributed by atoms with Gasteiger partial charge in [-0.3, -0.25) is 4.79 Å². The van der Waals surface area contributed by atoms with E-state index in [1.807, 2.05) is 0 Å². The van der Waals surface area contributed by atoms with E-state index in [9.17, 15) is 17.6 Å². The zero-order chi connectivity index (χ0) is 13.9. The smallest absolute Gasteiger partial charge is 0.238 e. The van der Waals surface area contributed by atoms with Crippen molar-refractivity contribution >= 4 is 21.4 Å². The van der Waals surface area contributed by atoms with E-state index in [-0.39, 0.29) is 10.6 Å². The van der Waals surface area contributed by atoms with Crippen LogP contribution in [0.25, 0.3) is 0 Å². The largest absolute Gasteiger partial charge is 0.396 e. The topological polar surface area (TPSA) is 89.3 Å². The number of hydrogen-bond acceptors (Lipinski definition) is 4. The summed E-state index contributed by atoms with van der Waals surface area (Å²) in [5.41, 5.74) is 5.13. The molecule has 1 aromatic carbocycles. The Morgan fingerprint density at radius 2 is 2.11 bits per heavy atom. The molecule has 0 fully saturated rings. The van der Waals surface area contributed by atoms with Crippen LogP contribution in [-0.4, -0.2) is 26.1 Å². The molecule has 0 heterocycles. The lowest BCUT2D eigenvalue weighted by molar-refractivity contribution is -0.120. The summed E-state index contributed by atoms with van der Waals surface area (Å²) in [5.74, 6) is -1.44. The van der Waals surface area contributed by atoms with Crippen molar-refractivity contribution in [2.75, 3.05) is 12.3 Å². The molecule has 3 N–H and O–H groups in total. The predicted molar refractivity (Wildman–Crippen MR) is 66.1 cm³/mol. The minimum absolute atomic E-state index is 0.139. The van der Waals surface area contributed by atoms with E-state index in [1.54, 1.807) is 6.92 Å². The molecule has 1 aromatic rings. The van der Waals surface area contributed by atoms with E-state index in [0.29, 0.717) is 6.54 Å². The van der Waals surface area contributed by atoms with Crippen molar-refractivity contribution in [3.63, 3.8) is 0 Å². The van der Waals surface area contributed by atoms with E-state index < -0.39 is 26.8 Å². The molecular weight excluding hydrogens is 259 g/mol. The molecule has 1 rings (SSSR count). The third-order valence-corrected chi connectivity index (χ3v) is 4.54. The fraction of sp³-hybridized carbons (Fsp3) is 0.364. The second kappa shape index (κ2) is 5.34. The number of benzene rings is 1. The van der Waals surface area contributed by atoms with Crippen molar-refractivity contribution in [2.24, 2.45) is 0 Å². The van der Waals surface area contributed by atoms with E-state index in [2.05, 4.69) is 5.32 Å². The Morgan fingerprint density at radius 1 is 1.50 bits per heavy atom. The summed E-state index contributed by atoms with van der Waals surface area (Å²) >= 11 is 0. The number of carbonyl (C=O) groups excluding carboxylic acids is 1. The molecule has 1 amide bonds. The molecule has 0 bridgehead atoms. The van der Waals surface area contributed by atoms with E-state index >= 15 is 0 Å². The maximum Gasteiger partial charge on any atom is 0.238 e. The first-order valence-electron chi connectivity index (χ1n) is 5.37. The van der Waals surface area contributed by atoms with Crippen LogP contribution in [0.3, 0.4) is 0 Å². The van der Waals surface area contributed by atoms with Gasteiger partial charge in [0.15, 0.2) is 9.84 Å². The fourth-order valence-corrected chi connectivity index (χ4v) is 2.65. The molecule has 0 aromatic heterocycles. The molecule has 0 aliphatic heterocycles. The van der Waals surface area contributed by atoms with Gasteiger partial charge < -0.3 is 11.1 Å². The van der Waals surface area contributed by atoms with Gasteiger partial charge in [-0.15, -0.1) is 0 Å². The van der Waals surface area contributed by atoms with E-state index in [1.165, 1.54) is 13.0 Å². The lowest BCUT2D eigenvalue weighted by Gasteiger charge is -2.12. The Kier molecular flexibility index (Phi) is 4.28. The Balaban J connectivity index is 3.13. The van der Waals surface area contributed by atoms with Crippen LogP contribution < -0.4 is 11.1 Å². The van der Waals surface area contributed by atoms with E-state index in [4.69, 9.17) is 5.73 Å². The van der Waals surface area contributed by atoms with Gasteiger partial charge in [0.1, 0.15) is 11.1 Å². The Hall–Kier alpha value is -1.63. The lowest BCUT2D eigenvalue weighted by Crippen LogP contribution is -2.37. The summed E-state index contributed by atoms with van der Waals surface area (Å²) in [7, 11) is -3.91. The van der Waals surface area contributed by atoms with Gasteiger partial charge in [0.2, 0.25) is 5.91 Å². The lowest BCUT2D eigenvalue weighted by atomic mass is 10.3. The molecule has 1 atom stereocenters. The highest BCUT2D eigenvalue weighted by atomic mass is 32.2. The first-order valence-corrected chi connectivity index (χ1v) is 6.92. The average Bonchev–Trinajstić information content (AvgIpc) is 2.31. The fourth-order valence-electron chi connectivity index (χ4n) is 1.35. The normalized spacial score (nSPS) is 13.1. The number of carbonyl (C=O) groups is 1. The van der Waals surface area contributed by atoms with Crippen LogP contribution in [0.5, 0.6) is 0 Å². The maximum atomic E-state index is 13.2. The third-order valence-electron chi connectivity index (χ3n) is 2.49. The summed E-state index contributed by atoms with van der Waals surface area (Å²) in [6.07, 6.45) is 0. The SMILES string of the molecule is CCNC(=O)C(C)S(=O)(=O)c1ccc(N)c(F)c1. The number of hydrogen-bond donors (Lipinski definition) is 2. The summed E-state index contributed by atoms with van der Waals surface area (Å²) in [4.78, 5) is 11.2. The number of halogens is 1. The first kappa shape index (κ1) is 14.4. The van der Waals surface area contributed by atoms with Crippen molar-refractivity contribution in [3.8, 4) is 0 Å². The Morgan fingerprint density at radius 3 is 2.61 bits per heavy atom. The van der Waals surface area contributed by atoms with Gasteiger partial charge >= 0.3 is 0 Å². The predicted octanol–water partition coefficient (Wildman–Crippen LogP) is 0.706. The third kappa shape index (κ3) is 2.79. The zero-order valence-electron chi connectivity index (χ0n) is 10.1. The van der Waals surface area contributed by atoms with Gasteiger partial charge in [0, 0.05) is 6.54 Å². The summed E-state index contributed by atoms with van der Waals surface area (Å²) in [6, 6.07) is 3.16. The molecule has 0 spiro atoms. The van der Waals surface area contributed by atoms with Crippen LogP contribution >= 0.6 is 0 Å². The maximum absolute atomic E-state index is 13.2. The van der Waals surface area contributed by atoms with Crippen molar-refractivity contribution in [1.82, 2.24) is 5.32 Å². The van der Waals surface area contributed by atoms with Crippen LogP contribution in [-0.2, 0) is 14.6 Å². The monoisotopic (exact) mass is 274 g/mol. The molecule has 0 radical (unpaired) electrons. The highest BCUT2D eigenvalue weighted by Crippen LogP contribution is 2.20. The molecule has 100 valence electrons. The number of rotatable bonds is 4. The molecular formula is C11H15FN2O3S. The van der Waals surface area contributed by atoms with Crippen LogP contribution in [0.1, 0.15) is 13.8 Å². The number of nitrogen functional groups attached to an aromatic ring is 1. The molecule has 0 saturated carbocycles. The van der Waals surface area contributed by atoms with Gasteiger partial charge in [-0.2, -0.15) is 0 Å². The quantitative estimate of drug-likeness (QED) is 0.791. The van der Waals surface area contributed by atoms with Crippen LogP contribution in [0.4, 0.5) is 10.1 Å². The van der Waals surface area contributed by atoms with Crippen molar-refractivity contribution in [3.05, 3.63) is 24.0 Å². The molecule has 0 aliphatic carbocycles. The zero-order valence-corrected chi connectivity index (χ0v) is 10.9. The molecule has 0 aliphatic rings. The number of amides is 1. The van der Waals surface area contributed by atoms with Gasteiger partial charge in [-0.25, -0.2) is 12.8 Å². The second-order valence-corrected chi connectivity index (χ2v) is 6.03. The number of nitrogens with two attached hydrogens (primary N) is 1. The van der Waals surface area contributed by atoms with E-state index in [0.717, 1.165) is 12.1 Å². The summed E-state index contributed by atoms with van der Waals surface area (Å²) in [5, 5.41) is 1.13. The van der Waals surface area contributed by atoms with Gasteiger partial charge in [0.05, 0.1) is 10.6 Å². The van der Waals surface area contributed by atoms with Gasteiger partial charge in [0.25, 0.3) is 0 Å². The average molecular weight is 274 g/mol. The molecule has 18 heavy (non-hydrogen) atoms. The van der Waals surface area contributed by atoms with Crippen LogP contribution in [0.15, 0.2) is 23.1 Å². The number of anilines is 1. The van der Waals surface area contributed by atoms with Crippen molar-refractivity contribution in [1.29, 1.82) is 0 Å². The molecule has 0 saturated heterocycles. The van der Waals surface area contributed by atoms with Crippen LogP contribution in [0.2, 0.25) is 0 Å². The Bertz CT molecular complexity index is 557. The minimum atomic E-state index is -3.91. The minimum Gasteiger partial charge on any atom is -0.396 e. The second-order valence-electron chi connectivity index (χ2n) is 3.77. The molecule has 1 unspecified atom stereocenters. The number of sulfone groups is 1. The molecule has 7 heteroatoms. The van der Waals surface area contributed by atoms with Gasteiger partial charge in [-0.05, 0) is 32.0 Å². The van der Waals surface area contributed by atoms with Gasteiger partial charge in [-0.1, -0.05) is 0 Å². The summed E-state index contributed by atoms with van der Waals surface area (Å²) in [6.45, 7) is 3.27. The number of nitrogens with one attached hydrogen (secondary N) is 1. The van der Waals surface area contributed by atoms with Crippen molar-refractivity contribution in [2.45, 2.75) is 24.0 Å². The standard InChI is InChI=1S/C11H15FN2O3S/c1-3-14-11(15)7(2)18(16,17)8-4-5-10(13)9(12)6-8/h4-7H,3,13H2,1-2H3,(H,14,15). The highest BCUT2D eigenvalue weighted by molar-refractivity contribution is 7.92. The van der Waals surface area contributed by atoms with Crippen molar-refractivity contribution < 1.29 is 17.6 Å². The summed E-state index contributed by atoms with van der Waals surface area (Å²) < 4.78 is 37.3. The highest BCUT2D eigenvalue weighted by Gasteiger charge is 2.29. The first-order chi connectivity index (χ1) is 8.30. The molecule has 5 nitrogen and oxygen atoms in total. The Labute approximate surface area is 105 Å².